The van der Waals surface area contributed by atoms with Crippen LogP contribution in [0.2, 0.25) is 0 Å². The van der Waals surface area contributed by atoms with Crippen LogP contribution in [0.3, 0.4) is 0 Å². The highest BCUT2D eigenvalue weighted by Gasteiger charge is 2.21. The molecule has 7 heteroatoms. The summed E-state index contributed by atoms with van der Waals surface area (Å²) in [7, 11) is -2.43. The molecule has 0 bridgehead atoms. The number of pyridine rings is 1. The number of rotatable bonds is 2. The molecule has 6 nitrogen and oxygen atoms in total. The van der Waals surface area contributed by atoms with Gasteiger partial charge in [0.25, 0.3) is 5.56 Å². The van der Waals surface area contributed by atoms with Gasteiger partial charge in [-0.15, -0.1) is 0 Å². The molecule has 1 saturated heterocycles. The molecular formula is C11H17N3O3S. The third kappa shape index (κ3) is 2.63. The number of sulfonamides is 1. The highest BCUT2D eigenvalue weighted by atomic mass is 32.2. The zero-order valence-electron chi connectivity index (χ0n) is 10.2. The van der Waals surface area contributed by atoms with Crippen molar-refractivity contribution in [1.82, 2.24) is 9.88 Å². The first-order valence-corrected chi connectivity index (χ1v) is 7.38. The van der Waals surface area contributed by atoms with E-state index >= 15 is 0 Å². The Morgan fingerprint density at radius 3 is 2.78 bits per heavy atom. The fourth-order valence-corrected chi connectivity index (χ4v) is 2.96. The van der Waals surface area contributed by atoms with Crippen molar-refractivity contribution >= 4 is 10.0 Å². The number of primary sulfonamides is 1. The van der Waals surface area contributed by atoms with Crippen LogP contribution < -0.4 is 16.0 Å². The molecule has 1 aliphatic heterocycles. The number of hydrogen-bond acceptors (Lipinski definition) is 4. The van der Waals surface area contributed by atoms with E-state index in [-0.39, 0.29) is 10.8 Å². The maximum absolute atomic E-state index is 11.7. The maximum Gasteiger partial charge on any atom is 0.270 e. The summed E-state index contributed by atoms with van der Waals surface area (Å²) in [5.41, 5.74) is 0.262. The van der Waals surface area contributed by atoms with Gasteiger partial charge in [0.1, 0.15) is 4.90 Å². The summed E-state index contributed by atoms with van der Waals surface area (Å²) in [5, 5.41) is 8.33. The molecule has 0 saturated carbocycles. The summed E-state index contributed by atoms with van der Waals surface area (Å²) in [6.07, 6.45) is 3.71. The molecule has 18 heavy (non-hydrogen) atoms. The van der Waals surface area contributed by atoms with E-state index in [0.717, 1.165) is 31.5 Å². The van der Waals surface area contributed by atoms with E-state index in [1.807, 2.05) is 0 Å². The molecule has 0 amide bonds. The van der Waals surface area contributed by atoms with Gasteiger partial charge in [0.15, 0.2) is 0 Å². The molecule has 0 spiro atoms. The van der Waals surface area contributed by atoms with Crippen molar-refractivity contribution in [2.45, 2.75) is 23.7 Å². The number of aromatic nitrogens is 1. The lowest BCUT2D eigenvalue weighted by Crippen LogP contribution is -2.31. The fraction of sp³-hybridized carbons (Fsp3) is 0.545. The van der Waals surface area contributed by atoms with Gasteiger partial charge < -0.3 is 9.88 Å². The molecule has 0 aromatic carbocycles. The average Bonchev–Trinajstić information content (AvgIpc) is 2.32. The van der Waals surface area contributed by atoms with E-state index < -0.39 is 15.6 Å². The van der Waals surface area contributed by atoms with Crippen LogP contribution in [0.25, 0.3) is 0 Å². The second kappa shape index (κ2) is 4.83. The molecule has 1 aliphatic rings. The van der Waals surface area contributed by atoms with Gasteiger partial charge in [0.05, 0.1) is 0 Å². The van der Waals surface area contributed by atoms with E-state index in [9.17, 15) is 13.2 Å². The number of aryl methyl sites for hydroxylation is 1. The van der Waals surface area contributed by atoms with Crippen LogP contribution in [0, 0.1) is 0 Å². The molecular weight excluding hydrogens is 254 g/mol. The van der Waals surface area contributed by atoms with E-state index in [1.165, 1.54) is 17.7 Å². The maximum atomic E-state index is 11.7. The Hall–Kier alpha value is -1.18. The summed E-state index contributed by atoms with van der Waals surface area (Å²) in [6, 6.07) is 1.41. The van der Waals surface area contributed by atoms with Gasteiger partial charge in [0, 0.05) is 19.8 Å². The molecule has 1 fully saturated rings. The summed E-state index contributed by atoms with van der Waals surface area (Å²) in [5.74, 6) is 0.228. The Morgan fingerprint density at radius 1 is 1.50 bits per heavy atom. The second-order valence-electron chi connectivity index (χ2n) is 4.64. The molecule has 2 rings (SSSR count). The van der Waals surface area contributed by atoms with E-state index in [1.54, 1.807) is 6.20 Å². The molecule has 1 aromatic rings. The number of nitrogens with zero attached hydrogens (tertiary/aromatic N) is 1. The molecule has 1 unspecified atom stereocenters. The Labute approximate surface area is 106 Å². The first-order valence-electron chi connectivity index (χ1n) is 5.83. The standard InChI is InChI=1S/C11H17N3O3S/c1-14-7-9(8-3-2-4-13-6-8)5-10(11(14)15)18(12,16)17/h5,7-8,13H,2-4,6H2,1H3,(H2,12,16,17). The third-order valence-electron chi connectivity index (χ3n) is 3.25. The average molecular weight is 271 g/mol. The minimum Gasteiger partial charge on any atom is -0.317 e. The highest BCUT2D eigenvalue weighted by molar-refractivity contribution is 7.89. The van der Waals surface area contributed by atoms with Gasteiger partial charge in [-0.05, 0) is 36.9 Å². The number of nitrogens with one attached hydrogen (secondary N) is 1. The van der Waals surface area contributed by atoms with Crippen LogP contribution in [0.15, 0.2) is 22.0 Å². The number of piperidine rings is 1. The molecule has 3 N–H and O–H groups in total. The molecule has 0 radical (unpaired) electrons. The van der Waals surface area contributed by atoms with Crippen molar-refractivity contribution < 1.29 is 8.42 Å². The highest BCUT2D eigenvalue weighted by Crippen LogP contribution is 2.23. The fourth-order valence-electron chi connectivity index (χ4n) is 2.27. The van der Waals surface area contributed by atoms with Gasteiger partial charge in [-0.25, -0.2) is 13.6 Å². The number of hydrogen-bond donors (Lipinski definition) is 2. The summed E-state index contributed by atoms with van der Waals surface area (Å²) < 4.78 is 24.1. The predicted molar refractivity (Wildman–Crippen MR) is 67.9 cm³/mol. The summed E-state index contributed by atoms with van der Waals surface area (Å²) >= 11 is 0. The Morgan fingerprint density at radius 2 is 2.22 bits per heavy atom. The second-order valence-corrected chi connectivity index (χ2v) is 6.17. The molecule has 0 aliphatic carbocycles. The zero-order valence-corrected chi connectivity index (χ0v) is 11.0. The lowest BCUT2D eigenvalue weighted by molar-refractivity contribution is 0.458. The van der Waals surface area contributed by atoms with E-state index in [0.29, 0.717) is 0 Å². The predicted octanol–water partition coefficient (Wildman–Crippen LogP) is -0.500. The Balaban J connectivity index is 2.50. The molecule has 1 aromatic heterocycles. The van der Waals surface area contributed by atoms with Crippen molar-refractivity contribution in [2.24, 2.45) is 12.2 Å². The smallest absolute Gasteiger partial charge is 0.270 e. The normalized spacial score (nSPS) is 20.9. The first kappa shape index (κ1) is 13.3. The monoisotopic (exact) mass is 271 g/mol. The van der Waals surface area contributed by atoms with Crippen molar-refractivity contribution in [3.05, 3.63) is 28.2 Å². The molecule has 2 heterocycles. The number of nitrogens with two attached hydrogens (primary N) is 1. The minimum atomic E-state index is -3.97. The van der Waals surface area contributed by atoms with E-state index in [2.05, 4.69) is 5.32 Å². The van der Waals surface area contributed by atoms with Gasteiger partial charge in [0.2, 0.25) is 10.0 Å². The summed E-state index contributed by atoms with van der Waals surface area (Å²) in [6.45, 7) is 1.77. The quantitative estimate of drug-likeness (QED) is 0.758. The van der Waals surface area contributed by atoms with Crippen LogP contribution in [0.4, 0.5) is 0 Å². The van der Waals surface area contributed by atoms with Crippen molar-refractivity contribution in [1.29, 1.82) is 0 Å². The molecule has 1 atom stereocenters. The Kier molecular flexibility index (Phi) is 3.56. The van der Waals surface area contributed by atoms with Gasteiger partial charge >= 0.3 is 0 Å². The van der Waals surface area contributed by atoms with Gasteiger partial charge in [-0.2, -0.15) is 0 Å². The minimum absolute atomic E-state index is 0.228. The lowest BCUT2D eigenvalue weighted by Gasteiger charge is -2.23. The first-order chi connectivity index (χ1) is 8.39. The largest absolute Gasteiger partial charge is 0.317 e. The van der Waals surface area contributed by atoms with E-state index in [4.69, 9.17) is 5.14 Å². The van der Waals surface area contributed by atoms with Crippen molar-refractivity contribution in [2.75, 3.05) is 13.1 Å². The summed E-state index contributed by atoms with van der Waals surface area (Å²) in [4.78, 5) is 11.4. The Bertz CT molecular complexity index is 600. The zero-order chi connectivity index (χ0) is 13.3. The van der Waals surface area contributed by atoms with Gasteiger partial charge in [-0.1, -0.05) is 0 Å². The lowest BCUT2D eigenvalue weighted by atomic mass is 9.93. The van der Waals surface area contributed by atoms with Crippen LogP contribution in [-0.2, 0) is 17.1 Å². The van der Waals surface area contributed by atoms with Gasteiger partial charge in [-0.3, -0.25) is 4.79 Å². The van der Waals surface area contributed by atoms with Crippen LogP contribution in [0.5, 0.6) is 0 Å². The van der Waals surface area contributed by atoms with Crippen LogP contribution in [-0.4, -0.2) is 26.1 Å². The van der Waals surface area contributed by atoms with Crippen molar-refractivity contribution in [3.63, 3.8) is 0 Å². The third-order valence-corrected chi connectivity index (χ3v) is 4.15. The van der Waals surface area contributed by atoms with Crippen LogP contribution >= 0.6 is 0 Å². The molecule has 100 valence electrons. The van der Waals surface area contributed by atoms with Crippen molar-refractivity contribution in [3.8, 4) is 0 Å². The SMILES string of the molecule is Cn1cc(C2CCCNC2)cc(S(N)(=O)=O)c1=O. The topological polar surface area (TPSA) is 94.2 Å². The van der Waals surface area contributed by atoms with Crippen LogP contribution in [0.1, 0.15) is 24.3 Å².